The average Bonchev–Trinajstić information content (AvgIpc) is 2.62. The summed E-state index contributed by atoms with van der Waals surface area (Å²) in [5.74, 6) is 0. The highest BCUT2D eigenvalue weighted by atomic mass is 14.9. The molecule has 3 rings (SSSR count). The second-order valence-corrected chi connectivity index (χ2v) is 6.52. The highest BCUT2D eigenvalue weighted by molar-refractivity contribution is 6.25. The van der Waals surface area contributed by atoms with E-state index in [4.69, 9.17) is 4.99 Å². The lowest BCUT2D eigenvalue weighted by Gasteiger charge is -2.18. The molecule has 0 amide bonds. The minimum Gasteiger partial charge on any atom is -0.354 e. The van der Waals surface area contributed by atoms with E-state index in [0.29, 0.717) is 0 Å². The normalized spacial score (nSPS) is 17.2. The Balaban J connectivity index is 1.99. The molecule has 0 saturated heterocycles. The van der Waals surface area contributed by atoms with Gasteiger partial charge in [0.05, 0.1) is 22.8 Å². The van der Waals surface area contributed by atoms with Crippen LogP contribution in [0.15, 0.2) is 81.9 Å². The molecule has 0 bridgehead atoms. The summed E-state index contributed by atoms with van der Waals surface area (Å²) in [6, 6.07) is 16.6. The van der Waals surface area contributed by atoms with Crippen molar-refractivity contribution in [3.8, 4) is 0 Å². The lowest BCUT2D eigenvalue weighted by atomic mass is 10.00. The van der Waals surface area contributed by atoms with E-state index >= 15 is 0 Å². The Labute approximate surface area is 155 Å². The van der Waals surface area contributed by atoms with Gasteiger partial charge in [-0.05, 0) is 69.2 Å². The molecule has 26 heavy (non-hydrogen) atoms. The maximum Gasteiger partial charge on any atom is 0.0813 e. The van der Waals surface area contributed by atoms with Gasteiger partial charge in [-0.15, -0.1) is 0 Å². The van der Waals surface area contributed by atoms with Gasteiger partial charge in [0.25, 0.3) is 0 Å². The standard InChI is InChI=1S/C23H25N3/c1-5-24-22-14-18(4)21(26-20-9-7-6-8-17(20)3)15-23(22)25-19-12-10-16(2)11-13-19/h6-15,25H,5H2,1-4H3. The summed E-state index contributed by atoms with van der Waals surface area (Å²) in [5, 5.41) is 3.50. The van der Waals surface area contributed by atoms with Crippen LogP contribution in [0, 0.1) is 13.8 Å². The van der Waals surface area contributed by atoms with Crippen LogP contribution in [0.25, 0.3) is 0 Å². The molecule has 2 aromatic carbocycles. The number of hydrogen-bond acceptors (Lipinski definition) is 3. The molecule has 0 aromatic heterocycles. The van der Waals surface area contributed by atoms with Gasteiger partial charge in [0.15, 0.2) is 0 Å². The summed E-state index contributed by atoms with van der Waals surface area (Å²) in [7, 11) is 0. The van der Waals surface area contributed by atoms with Crippen LogP contribution in [-0.2, 0) is 0 Å². The van der Waals surface area contributed by atoms with Gasteiger partial charge in [-0.3, -0.25) is 4.99 Å². The van der Waals surface area contributed by atoms with E-state index in [2.05, 4.69) is 80.5 Å². The van der Waals surface area contributed by atoms with Gasteiger partial charge in [0.2, 0.25) is 0 Å². The molecular formula is C23H25N3. The van der Waals surface area contributed by atoms with Crippen molar-refractivity contribution in [2.45, 2.75) is 27.7 Å². The highest BCUT2D eigenvalue weighted by Crippen LogP contribution is 2.23. The maximum atomic E-state index is 4.88. The lowest BCUT2D eigenvalue weighted by molar-refractivity contribution is 1.13. The molecule has 3 heteroatoms. The molecule has 0 atom stereocenters. The third-order valence-corrected chi connectivity index (χ3v) is 4.33. The Bertz CT molecular complexity index is 913. The van der Waals surface area contributed by atoms with Crippen molar-refractivity contribution < 1.29 is 0 Å². The molecule has 2 aromatic rings. The van der Waals surface area contributed by atoms with Gasteiger partial charge in [-0.2, -0.15) is 0 Å². The molecule has 0 saturated carbocycles. The third-order valence-electron chi connectivity index (χ3n) is 4.33. The summed E-state index contributed by atoms with van der Waals surface area (Å²) >= 11 is 0. The van der Waals surface area contributed by atoms with E-state index in [1.54, 1.807) is 0 Å². The van der Waals surface area contributed by atoms with Gasteiger partial charge in [0, 0.05) is 12.2 Å². The fourth-order valence-electron chi connectivity index (χ4n) is 2.81. The molecule has 132 valence electrons. The summed E-state index contributed by atoms with van der Waals surface area (Å²) in [5.41, 5.74) is 8.49. The van der Waals surface area contributed by atoms with Crippen LogP contribution in [0.4, 0.5) is 11.4 Å². The number of aryl methyl sites for hydroxylation is 2. The minimum atomic E-state index is 0.746. The van der Waals surface area contributed by atoms with E-state index in [1.807, 2.05) is 18.2 Å². The summed E-state index contributed by atoms with van der Waals surface area (Å²) in [4.78, 5) is 9.52. The molecule has 0 spiro atoms. The van der Waals surface area contributed by atoms with Crippen LogP contribution in [0.2, 0.25) is 0 Å². The maximum absolute atomic E-state index is 4.88. The number of hydrogen-bond donors (Lipinski definition) is 1. The number of rotatable bonds is 4. The van der Waals surface area contributed by atoms with Gasteiger partial charge >= 0.3 is 0 Å². The first-order valence-electron chi connectivity index (χ1n) is 9.00. The zero-order valence-electron chi connectivity index (χ0n) is 15.9. The van der Waals surface area contributed by atoms with E-state index in [0.717, 1.165) is 40.6 Å². The molecule has 1 N–H and O–H groups in total. The largest absolute Gasteiger partial charge is 0.354 e. The Morgan fingerprint density at radius 2 is 1.58 bits per heavy atom. The van der Waals surface area contributed by atoms with Crippen LogP contribution < -0.4 is 5.32 Å². The molecule has 1 aliphatic rings. The van der Waals surface area contributed by atoms with Gasteiger partial charge in [-0.1, -0.05) is 35.9 Å². The van der Waals surface area contributed by atoms with E-state index in [1.165, 1.54) is 11.1 Å². The second kappa shape index (κ2) is 7.96. The molecule has 0 heterocycles. The van der Waals surface area contributed by atoms with Crippen molar-refractivity contribution in [1.82, 2.24) is 0 Å². The predicted molar refractivity (Wildman–Crippen MR) is 113 cm³/mol. The van der Waals surface area contributed by atoms with Crippen LogP contribution in [-0.4, -0.2) is 18.0 Å². The first-order valence-corrected chi connectivity index (χ1v) is 9.00. The van der Waals surface area contributed by atoms with Crippen LogP contribution in [0.3, 0.4) is 0 Å². The predicted octanol–water partition coefficient (Wildman–Crippen LogP) is 5.79. The van der Waals surface area contributed by atoms with Crippen LogP contribution in [0.5, 0.6) is 0 Å². The van der Waals surface area contributed by atoms with Crippen molar-refractivity contribution in [1.29, 1.82) is 0 Å². The van der Waals surface area contributed by atoms with Gasteiger partial charge < -0.3 is 5.32 Å². The topological polar surface area (TPSA) is 36.8 Å². The number of para-hydroxylation sites is 1. The Hall–Kier alpha value is -2.94. The second-order valence-electron chi connectivity index (χ2n) is 6.52. The zero-order valence-corrected chi connectivity index (χ0v) is 15.9. The van der Waals surface area contributed by atoms with Crippen molar-refractivity contribution in [2.75, 3.05) is 11.9 Å². The lowest BCUT2D eigenvalue weighted by Crippen LogP contribution is -2.18. The highest BCUT2D eigenvalue weighted by Gasteiger charge is 2.15. The van der Waals surface area contributed by atoms with Crippen molar-refractivity contribution in [3.05, 3.63) is 83.1 Å². The van der Waals surface area contributed by atoms with Crippen molar-refractivity contribution in [2.24, 2.45) is 9.98 Å². The number of aliphatic imine (C=N–C) groups is 2. The van der Waals surface area contributed by atoms with Crippen molar-refractivity contribution in [3.63, 3.8) is 0 Å². The average molecular weight is 343 g/mol. The first-order chi connectivity index (χ1) is 12.6. The van der Waals surface area contributed by atoms with Gasteiger partial charge in [0.1, 0.15) is 0 Å². The number of allylic oxidation sites excluding steroid dienone is 3. The molecule has 1 aliphatic carbocycles. The Kier molecular flexibility index (Phi) is 5.47. The Morgan fingerprint density at radius 3 is 2.27 bits per heavy atom. The molecule has 0 fully saturated rings. The quantitative estimate of drug-likeness (QED) is 0.701. The summed E-state index contributed by atoms with van der Waals surface area (Å²) in [6.45, 7) is 9.06. The fraction of sp³-hybridized carbons (Fsp3) is 0.217. The number of anilines is 1. The molecule has 0 aliphatic heterocycles. The molecule has 0 radical (unpaired) electrons. The third kappa shape index (κ3) is 4.17. The number of nitrogens with zero attached hydrogens (tertiary/aromatic N) is 2. The zero-order chi connectivity index (χ0) is 18.5. The smallest absolute Gasteiger partial charge is 0.0813 e. The first kappa shape index (κ1) is 17.9. The van der Waals surface area contributed by atoms with Crippen LogP contribution in [0.1, 0.15) is 25.0 Å². The van der Waals surface area contributed by atoms with E-state index < -0.39 is 0 Å². The fourth-order valence-corrected chi connectivity index (χ4v) is 2.81. The minimum absolute atomic E-state index is 0.746. The van der Waals surface area contributed by atoms with E-state index in [-0.39, 0.29) is 0 Å². The molecule has 3 nitrogen and oxygen atoms in total. The van der Waals surface area contributed by atoms with Crippen molar-refractivity contribution >= 4 is 22.8 Å². The molecular weight excluding hydrogens is 318 g/mol. The van der Waals surface area contributed by atoms with E-state index in [9.17, 15) is 0 Å². The molecule has 0 unspecified atom stereocenters. The summed E-state index contributed by atoms with van der Waals surface area (Å²) in [6.07, 6.45) is 4.20. The van der Waals surface area contributed by atoms with Crippen LogP contribution >= 0.6 is 0 Å². The Morgan fingerprint density at radius 1 is 0.846 bits per heavy atom. The monoisotopic (exact) mass is 343 g/mol. The summed E-state index contributed by atoms with van der Waals surface area (Å²) < 4.78 is 0. The number of benzene rings is 2. The SMILES string of the molecule is CCN=C1C=C(C)C(=Nc2ccccc2C)C=C1Nc1ccc(C)cc1. The number of nitrogens with one attached hydrogen (secondary N) is 1. The van der Waals surface area contributed by atoms with Gasteiger partial charge in [-0.25, -0.2) is 4.99 Å².